The SMILES string of the molecule is CCCCCCCn1c(SC(CC)C(=O)OCC)nc2c1c(=O)[nH]c(=O)n2C. The predicted molar refractivity (Wildman–Crippen MR) is 111 cm³/mol. The molecule has 0 aromatic carbocycles. The van der Waals surface area contributed by atoms with Crippen molar-refractivity contribution in [1.29, 1.82) is 0 Å². The summed E-state index contributed by atoms with van der Waals surface area (Å²) in [6.45, 7) is 6.78. The summed E-state index contributed by atoms with van der Waals surface area (Å²) in [6.07, 6.45) is 6.02. The van der Waals surface area contributed by atoms with Gasteiger partial charge in [-0.1, -0.05) is 51.3 Å². The van der Waals surface area contributed by atoms with E-state index in [0.717, 1.165) is 25.7 Å². The molecule has 0 spiro atoms. The number of H-pyrrole nitrogens is 1. The second-order valence-electron chi connectivity index (χ2n) is 6.72. The Morgan fingerprint density at radius 3 is 2.54 bits per heavy atom. The summed E-state index contributed by atoms with van der Waals surface area (Å²) in [7, 11) is 1.58. The van der Waals surface area contributed by atoms with Crippen LogP contribution in [0.4, 0.5) is 0 Å². The largest absolute Gasteiger partial charge is 0.465 e. The van der Waals surface area contributed by atoms with E-state index in [9.17, 15) is 14.4 Å². The van der Waals surface area contributed by atoms with Crippen molar-refractivity contribution >= 4 is 28.9 Å². The zero-order chi connectivity index (χ0) is 20.7. The standard InChI is InChI=1S/C19H30N4O4S/c1-5-8-9-10-11-12-23-14-15(22(4)18(26)21-16(14)24)20-19(23)28-13(6-2)17(25)27-7-3/h13H,5-12H2,1-4H3,(H,21,24,26). The number of carbonyl (C=O) groups is 1. The van der Waals surface area contributed by atoms with Gasteiger partial charge >= 0.3 is 11.7 Å². The van der Waals surface area contributed by atoms with Gasteiger partial charge in [0.05, 0.1) is 6.61 Å². The van der Waals surface area contributed by atoms with E-state index in [2.05, 4.69) is 16.9 Å². The lowest BCUT2D eigenvalue weighted by Gasteiger charge is -2.14. The van der Waals surface area contributed by atoms with Crippen LogP contribution in [0.15, 0.2) is 14.7 Å². The quantitative estimate of drug-likeness (QED) is 0.347. The number of nitrogens with one attached hydrogen (secondary N) is 1. The molecule has 2 rings (SSSR count). The Balaban J connectivity index is 2.42. The zero-order valence-corrected chi connectivity index (χ0v) is 17.9. The van der Waals surface area contributed by atoms with Crippen LogP contribution < -0.4 is 11.2 Å². The molecular weight excluding hydrogens is 380 g/mol. The first-order valence-corrected chi connectivity index (χ1v) is 10.8. The van der Waals surface area contributed by atoms with E-state index in [0.29, 0.717) is 35.9 Å². The van der Waals surface area contributed by atoms with Crippen LogP contribution >= 0.6 is 11.8 Å². The minimum absolute atomic E-state index is 0.292. The molecule has 2 aromatic heterocycles. The number of ether oxygens (including phenoxy) is 1. The molecule has 9 heteroatoms. The smallest absolute Gasteiger partial charge is 0.329 e. The van der Waals surface area contributed by atoms with Gasteiger partial charge in [-0.3, -0.25) is 19.1 Å². The first kappa shape index (κ1) is 22.3. The Morgan fingerprint density at radius 2 is 1.89 bits per heavy atom. The van der Waals surface area contributed by atoms with Gasteiger partial charge in [0.15, 0.2) is 16.3 Å². The Kier molecular flexibility index (Phi) is 8.35. The van der Waals surface area contributed by atoms with E-state index in [1.165, 1.54) is 22.7 Å². The molecule has 8 nitrogen and oxygen atoms in total. The van der Waals surface area contributed by atoms with Crippen molar-refractivity contribution in [3.05, 3.63) is 20.8 Å². The van der Waals surface area contributed by atoms with Crippen LogP contribution in [-0.2, 0) is 23.1 Å². The number of nitrogens with zero attached hydrogens (tertiary/aromatic N) is 3. The minimum atomic E-state index is -0.501. The molecule has 2 heterocycles. The summed E-state index contributed by atoms with van der Waals surface area (Å²) < 4.78 is 8.33. The van der Waals surface area contributed by atoms with Crippen LogP contribution in [0.1, 0.15) is 59.3 Å². The molecule has 0 amide bonds. The van der Waals surface area contributed by atoms with Gasteiger partial charge < -0.3 is 9.30 Å². The van der Waals surface area contributed by atoms with Crippen LogP contribution in [-0.4, -0.2) is 36.9 Å². The lowest BCUT2D eigenvalue weighted by atomic mass is 10.1. The maximum atomic E-state index is 12.5. The number of fused-ring (bicyclic) bond motifs is 1. The van der Waals surface area contributed by atoms with Crippen LogP contribution in [0.5, 0.6) is 0 Å². The van der Waals surface area contributed by atoms with Gasteiger partial charge in [0.2, 0.25) is 0 Å². The number of carbonyl (C=O) groups excluding carboxylic acids is 1. The highest BCUT2D eigenvalue weighted by atomic mass is 32.2. The molecule has 28 heavy (non-hydrogen) atoms. The number of hydrogen-bond acceptors (Lipinski definition) is 6. The fourth-order valence-corrected chi connectivity index (χ4v) is 4.08. The van der Waals surface area contributed by atoms with Crippen molar-refractivity contribution in [2.24, 2.45) is 7.05 Å². The highest BCUT2D eigenvalue weighted by molar-refractivity contribution is 8.00. The summed E-state index contributed by atoms with van der Waals surface area (Å²) in [5.41, 5.74) is -0.239. The van der Waals surface area contributed by atoms with Gasteiger partial charge in [0.1, 0.15) is 5.25 Å². The van der Waals surface area contributed by atoms with Crippen molar-refractivity contribution in [2.45, 2.75) is 76.2 Å². The van der Waals surface area contributed by atoms with Crippen LogP contribution in [0.2, 0.25) is 0 Å². The molecule has 0 radical (unpaired) electrons. The van der Waals surface area contributed by atoms with Crippen molar-refractivity contribution < 1.29 is 9.53 Å². The van der Waals surface area contributed by atoms with Gasteiger partial charge in [0, 0.05) is 13.6 Å². The van der Waals surface area contributed by atoms with E-state index in [1.54, 1.807) is 14.0 Å². The number of hydrogen-bond donors (Lipinski definition) is 1. The third kappa shape index (κ3) is 5.06. The molecule has 0 fully saturated rings. The summed E-state index contributed by atoms with van der Waals surface area (Å²) in [4.78, 5) is 43.5. The van der Waals surface area contributed by atoms with Crippen LogP contribution in [0, 0.1) is 0 Å². The average molecular weight is 411 g/mol. The van der Waals surface area contributed by atoms with E-state index in [4.69, 9.17) is 4.74 Å². The van der Waals surface area contributed by atoms with E-state index in [1.807, 2.05) is 11.5 Å². The third-order valence-corrected chi connectivity index (χ3v) is 5.96. The number of imidazole rings is 1. The van der Waals surface area contributed by atoms with Gasteiger partial charge in [-0.15, -0.1) is 0 Å². The minimum Gasteiger partial charge on any atom is -0.465 e. The summed E-state index contributed by atoms with van der Waals surface area (Å²) >= 11 is 1.29. The lowest BCUT2D eigenvalue weighted by Crippen LogP contribution is -2.29. The molecule has 0 saturated carbocycles. The summed E-state index contributed by atoms with van der Waals surface area (Å²) in [6, 6.07) is 0. The average Bonchev–Trinajstić information content (AvgIpc) is 3.03. The molecule has 156 valence electrons. The molecule has 0 aliphatic rings. The molecule has 1 N–H and O–H groups in total. The van der Waals surface area contributed by atoms with Gasteiger partial charge in [-0.2, -0.15) is 0 Å². The fraction of sp³-hybridized carbons (Fsp3) is 0.684. The zero-order valence-electron chi connectivity index (χ0n) is 17.1. The van der Waals surface area contributed by atoms with Gasteiger partial charge in [-0.05, 0) is 19.8 Å². The number of rotatable bonds is 11. The van der Waals surface area contributed by atoms with E-state index in [-0.39, 0.29) is 5.97 Å². The van der Waals surface area contributed by atoms with Crippen LogP contribution in [0.25, 0.3) is 11.2 Å². The lowest BCUT2D eigenvalue weighted by molar-refractivity contribution is -0.142. The Hall–Kier alpha value is -2.03. The number of aromatic amines is 1. The molecule has 2 aromatic rings. The maximum absolute atomic E-state index is 12.5. The maximum Gasteiger partial charge on any atom is 0.329 e. The molecule has 0 aliphatic heterocycles. The second-order valence-corrected chi connectivity index (χ2v) is 7.89. The monoisotopic (exact) mass is 410 g/mol. The fourth-order valence-electron chi connectivity index (χ4n) is 3.05. The topological polar surface area (TPSA) is 99.0 Å². The Labute approximate surface area is 168 Å². The second kappa shape index (κ2) is 10.5. The Morgan fingerprint density at radius 1 is 1.18 bits per heavy atom. The Bertz CT molecular complexity index is 915. The summed E-state index contributed by atoms with van der Waals surface area (Å²) in [5, 5.41) is 0.156. The predicted octanol–water partition coefficient (Wildman–Crippen LogP) is 2.83. The van der Waals surface area contributed by atoms with Crippen molar-refractivity contribution in [2.75, 3.05) is 6.61 Å². The first-order chi connectivity index (χ1) is 13.4. The normalized spacial score (nSPS) is 12.4. The molecule has 1 unspecified atom stereocenters. The molecule has 1 atom stereocenters. The van der Waals surface area contributed by atoms with Crippen molar-refractivity contribution in [1.82, 2.24) is 19.1 Å². The van der Waals surface area contributed by atoms with E-state index < -0.39 is 16.5 Å². The first-order valence-electron chi connectivity index (χ1n) is 9.97. The van der Waals surface area contributed by atoms with Crippen molar-refractivity contribution in [3.63, 3.8) is 0 Å². The van der Waals surface area contributed by atoms with E-state index >= 15 is 0 Å². The van der Waals surface area contributed by atoms with Crippen LogP contribution in [0.3, 0.4) is 0 Å². The summed E-state index contributed by atoms with van der Waals surface area (Å²) in [5.74, 6) is -0.292. The molecule has 0 bridgehead atoms. The number of unbranched alkanes of at least 4 members (excludes halogenated alkanes) is 4. The number of thioether (sulfide) groups is 1. The third-order valence-electron chi connectivity index (χ3n) is 4.63. The number of aryl methyl sites for hydroxylation is 2. The highest BCUT2D eigenvalue weighted by Gasteiger charge is 2.24. The van der Waals surface area contributed by atoms with Crippen molar-refractivity contribution in [3.8, 4) is 0 Å². The highest BCUT2D eigenvalue weighted by Crippen LogP contribution is 2.28. The number of aromatic nitrogens is 4. The van der Waals surface area contributed by atoms with Gasteiger partial charge in [0.25, 0.3) is 5.56 Å². The molecule has 0 aliphatic carbocycles. The molecular formula is C19H30N4O4S. The van der Waals surface area contributed by atoms with Gasteiger partial charge in [-0.25, -0.2) is 9.78 Å². The number of esters is 1. The molecule has 0 saturated heterocycles.